The molecule has 1 aromatic heterocycles. The van der Waals surface area contributed by atoms with Crippen LogP contribution in [0.4, 0.5) is 17.1 Å². The highest BCUT2D eigenvalue weighted by Crippen LogP contribution is 2.22. The van der Waals surface area contributed by atoms with E-state index in [1.807, 2.05) is 0 Å². The first-order chi connectivity index (χ1) is 19.3. The Kier molecular flexibility index (Phi) is 7.77. The van der Waals surface area contributed by atoms with E-state index in [0.717, 1.165) is 25.1 Å². The predicted octanol–water partition coefficient (Wildman–Crippen LogP) is 1.53. The van der Waals surface area contributed by atoms with E-state index in [1.165, 1.54) is 36.4 Å². The zero-order valence-electron chi connectivity index (χ0n) is 21.2. The number of nitrogens with two attached hydrogens (primary N) is 2. The van der Waals surface area contributed by atoms with Crippen molar-refractivity contribution >= 4 is 61.6 Å². The van der Waals surface area contributed by atoms with Gasteiger partial charge in [-0.25, -0.2) is 13.2 Å². The average Bonchev–Trinajstić information content (AvgIpc) is 3.27. The van der Waals surface area contributed by atoms with Crippen molar-refractivity contribution in [2.24, 2.45) is 21.7 Å². The molecule has 0 spiro atoms. The van der Waals surface area contributed by atoms with Crippen LogP contribution in [0.15, 0.2) is 80.6 Å². The Morgan fingerprint density at radius 3 is 2.02 bits per heavy atom. The van der Waals surface area contributed by atoms with E-state index in [0.29, 0.717) is 16.7 Å². The zero-order chi connectivity index (χ0) is 29.9. The van der Waals surface area contributed by atoms with E-state index >= 15 is 0 Å². The molecule has 0 saturated carbocycles. The minimum absolute atomic E-state index is 0.115. The number of Topliss-reactive ketones (excluding diaryl/α,β-unsaturated/α-hetero) is 1. The summed E-state index contributed by atoms with van der Waals surface area (Å²) >= 11 is 0. The number of ketones is 1. The van der Waals surface area contributed by atoms with Crippen LogP contribution in [0.3, 0.4) is 0 Å². The molecule has 1 atom stereocenters. The molecule has 4 aromatic rings. The van der Waals surface area contributed by atoms with Gasteiger partial charge in [-0.1, -0.05) is 0 Å². The second-order valence-electron chi connectivity index (χ2n) is 8.68. The fraction of sp³-hybridized carbons (Fsp3) is 0.0800. The number of fused-ring (bicyclic) bond motifs is 1. The largest absolute Gasteiger partial charge is 0.366 e. The number of sulfonamides is 1. The molecule has 4 rings (SSSR count). The van der Waals surface area contributed by atoms with Crippen LogP contribution in [0.25, 0.3) is 11.0 Å². The molecule has 0 radical (unpaired) electrons. The first-order valence-corrected chi connectivity index (χ1v) is 13.1. The molecule has 0 bridgehead atoms. The summed E-state index contributed by atoms with van der Waals surface area (Å²) in [6.45, 7) is 1.16. The number of amides is 3. The fourth-order valence-electron chi connectivity index (χ4n) is 3.64. The Hall–Kier alpha value is -5.64. The van der Waals surface area contributed by atoms with Crippen molar-refractivity contribution < 1.29 is 27.6 Å². The van der Waals surface area contributed by atoms with Gasteiger partial charge in [-0.05, 0) is 67.6 Å². The number of carbonyl (C=O) groups is 4. The molecule has 41 heavy (non-hydrogen) atoms. The minimum atomic E-state index is -4.19. The number of carbonyl (C=O) groups excluding carboxylic acids is 4. The number of nitrogens with one attached hydrogen (secondary N) is 4. The first-order valence-electron chi connectivity index (χ1n) is 11.6. The molecular formula is C25H22N8O7S. The van der Waals surface area contributed by atoms with Crippen molar-refractivity contribution in [1.29, 1.82) is 0 Å². The van der Waals surface area contributed by atoms with Gasteiger partial charge in [0.15, 0.2) is 5.78 Å². The van der Waals surface area contributed by atoms with Gasteiger partial charge in [0.2, 0.25) is 17.9 Å². The number of rotatable bonds is 10. The lowest BCUT2D eigenvalue weighted by atomic mass is 10.1. The third-order valence-corrected chi connectivity index (χ3v) is 7.00. The van der Waals surface area contributed by atoms with Gasteiger partial charge in [0.05, 0.1) is 27.3 Å². The SMILES string of the molecule is CC(=O)C(N=Nc1ccc(S(=O)(=O)Nc2cc(C(N)=O)cc(C(N)=O)c2)cc1)C(=O)Nc1ccc2[nH]c(=O)[nH]c2c1. The molecule has 0 aliphatic carbocycles. The summed E-state index contributed by atoms with van der Waals surface area (Å²) < 4.78 is 28.0. The van der Waals surface area contributed by atoms with Crippen molar-refractivity contribution in [3.05, 3.63) is 82.3 Å². The number of azo groups is 1. The van der Waals surface area contributed by atoms with E-state index in [1.54, 1.807) is 6.07 Å². The van der Waals surface area contributed by atoms with Crippen molar-refractivity contribution in [2.75, 3.05) is 10.0 Å². The van der Waals surface area contributed by atoms with Crippen LogP contribution in [-0.2, 0) is 19.6 Å². The maximum absolute atomic E-state index is 12.9. The van der Waals surface area contributed by atoms with E-state index in [2.05, 4.69) is 30.2 Å². The van der Waals surface area contributed by atoms with Gasteiger partial charge in [0, 0.05) is 16.8 Å². The fourth-order valence-corrected chi connectivity index (χ4v) is 4.68. The second kappa shape index (κ2) is 11.2. The quantitative estimate of drug-likeness (QED) is 0.119. The summed E-state index contributed by atoms with van der Waals surface area (Å²) in [5.74, 6) is -3.15. The van der Waals surface area contributed by atoms with Crippen molar-refractivity contribution in [1.82, 2.24) is 9.97 Å². The lowest BCUT2D eigenvalue weighted by molar-refractivity contribution is -0.126. The molecule has 1 unspecified atom stereocenters. The monoisotopic (exact) mass is 578 g/mol. The predicted molar refractivity (Wildman–Crippen MR) is 147 cm³/mol. The Bertz CT molecular complexity index is 1860. The second-order valence-corrected chi connectivity index (χ2v) is 10.4. The molecule has 0 aliphatic rings. The molecular weight excluding hydrogens is 556 g/mol. The number of primary amides is 2. The molecule has 3 aromatic carbocycles. The van der Waals surface area contributed by atoms with E-state index in [9.17, 15) is 32.4 Å². The van der Waals surface area contributed by atoms with Gasteiger partial charge in [-0.3, -0.25) is 23.9 Å². The number of imidazole rings is 1. The maximum Gasteiger partial charge on any atom is 0.323 e. The van der Waals surface area contributed by atoms with Gasteiger partial charge in [-0.15, -0.1) is 0 Å². The molecule has 3 amide bonds. The zero-order valence-corrected chi connectivity index (χ0v) is 22.0. The lowest BCUT2D eigenvalue weighted by Crippen LogP contribution is -2.31. The summed E-state index contributed by atoms with van der Waals surface area (Å²) in [6, 6.07) is 11.5. The average molecular weight is 579 g/mol. The van der Waals surface area contributed by atoms with Crippen molar-refractivity contribution in [3.8, 4) is 0 Å². The molecule has 0 saturated heterocycles. The summed E-state index contributed by atoms with van der Waals surface area (Å²) in [7, 11) is -4.19. The van der Waals surface area contributed by atoms with Crippen LogP contribution in [-0.4, -0.2) is 47.9 Å². The summed E-state index contributed by atoms with van der Waals surface area (Å²) in [4.78, 5) is 64.2. The van der Waals surface area contributed by atoms with Crippen LogP contribution in [0, 0.1) is 0 Å². The number of nitrogens with zero attached hydrogens (tertiary/aromatic N) is 2. The normalized spacial score (nSPS) is 12.2. The maximum atomic E-state index is 12.9. The third kappa shape index (κ3) is 6.69. The number of hydrogen-bond acceptors (Lipinski definition) is 9. The summed E-state index contributed by atoms with van der Waals surface area (Å²) in [5.41, 5.74) is 11.1. The molecule has 0 aliphatic heterocycles. The summed E-state index contributed by atoms with van der Waals surface area (Å²) in [5, 5.41) is 10.2. The van der Waals surface area contributed by atoms with Crippen molar-refractivity contribution in [2.45, 2.75) is 17.9 Å². The van der Waals surface area contributed by atoms with Gasteiger partial charge in [-0.2, -0.15) is 10.2 Å². The van der Waals surface area contributed by atoms with Crippen LogP contribution >= 0.6 is 0 Å². The Morgan fingerprint density at radius 1 is 0.829 bits per heavy atom. The molecule has 210 valence electrons. The van der Waals surface area contributed by atoms with E-state index < -0.39 is 45.3 Å². The molecule has 16 heteroatoms. The molecule has 0 fully saturated rings. The minimum Gasteiger partial charge on any atom is -0.366 e. The van der Waals surface area contributed by atoms with Gasteiger partial charge < -0.3 is 26.8 Å². The van der Waals surface area contributed by atoms with E-state index in [-0.39, 0.29) is 27.4 Å². The molecule has 15 nitrogen and oxygen atoms in total. The number of hydrogen-bond donors (Lipinski definition) is 6. The highest BCUT2D eigenvalue weighted by Gasteiger charge is 2.23. The van der Waals surface area contributed by atoms with Crippen LogP contribution in [0.1, 0.15) is 27.6 Å². The lowest BCUT2D eigenvalue weighted by Gasteiger charge is -2.11. The molecule has 1 heterocycles. The Balaban J connectivity index is 1.49. The summed E-state index contributed by atoms with van der Waals surface area (Å²) in [6.07, 6.45) is 0. The number of benzene rings is 3. The van der Waals surface area contributed by atoms with Crippen molar-refractivity contribution in [3.63, 3.8) is 0 Å². The molecule has 8 N–H and O–H groups in total. The van der Waals surface area contributed by atoms with Crippen LogP contribution < -0.4 is 27.2 Å². The number of aromatic nitrogens is 2. The Labute approximate surface area is 231 Å². The first kappa shape index (κ1) is 28.4. The highest BCUT2D eigenvalue weighted by molar-refractivity contribution is 7.92. The smallest absolute Gasteiger partial charge is 0.323 e. The van der Waals surface area contributed by atoms with Gasteiger partial charge >= 0.3 is 5.69 Å². The number of H-pyrrole nitrogens is 2. The number of anilines is 2. The number of aromatic amines is 2. The highest BCUT2D eigenvalue weighted by atomic mass is 32.2. The van der Waals surface area contributed by atoms with Gasteiger partial charge in [0.1, 0.15) is 0 Å². The topological polar surface area (TPSA) is 252 Å². The standard InChI is InChI=1S/C25H22N8O7S/c1-12(34)21(24(37)28-16-4-7-19-20(11-16)30-25(38)29-19)32-31-15-2-5-18(6-3-15)41(39,40)33-17-9-13(22(26)35)8-14(10-17)23(27)36/h2-11,21,33H,1H3,(H2,26,35)(H2,27,36)(H,28,37)(H2,29,30,38). The van der Waals surface area contributed by atoms with Crippen LogP contribution in [0.2, 0.25) is 0 Å². The third-order valence-electron chi connectivity index (χ3n) is 5.61. The van der Waals surface area contributed by atoms with Crippen LogP contribution in [0.5, 0.6) is 0 Å². The Morgan fingerprint density at radius 2 is 1.44 bits per heavy atom. The van der Waals surface area contributed by atoms with E-state index in [4.69, 9.17) is 11.5 Å². The van der Waals surface area contributed by atoms with Gasteiger partial charge in [0.25, 0.3) is 15.9 Å².